The summed E-state index contributed by atoms with van der Waals surface area (Å²) < 4.78 is 5.37. The number of fused-ring (bicyclic) bond motifs is 1. The van der Waals surface area contributed by atoms with Crippen LogP contribution in [0.15, 0.2) is 16.7 Å². The topological polar surface area (TPSA) is 33.4 Å². The van der Waals surface area contributed by atoms with Gasteiger partial charge in [-0.25, -0.2) is 0 Å². The molecule has 1 aliphatic carbocycles. The third kappa shape index (κ3) is 1.07. The summed E-state index contributed by atoms with van der Waals surface area (Å²) in [6.45, 7) is 2.09. The second-order valence-corrected chi connectivity index (χ2v) is 3.43. The average Bonchev–Trinajstić information content (AvgIpc) is 2.52. The highest BCUT2D eigenvalue weighted by Gasteiger charge is 2.29. The number of hydrogen-bond donors (Lipinski definition) is 1. The van der Waals surface area contributed by atoms with Gasteiger partial charge in [-0.15, -0.1) is 0 Å². The van der Waals surface area contributed by atoms with Gasteiger partial charge in [-0.2, -0.15) is 0 Å². The monoisotopic (exact) mass is 166 g/mol. The molecule has 1 heterocycles. The Kier molecular flexibility index (Phi) is 1.93. The van der Waals surface area contributed by atoms with E-state index in [1.54, 1.807) is 6.26 Å². The van der Waals surface area contributed by atoms with E-state index in [2.05, 4.69) is 6.92 Å². The lowest BCUT2D eigenvalue weighted by atomic mass is 9.84. The number of aliphatic hydroxyl groups excluding tert-OH is 1. The van der Waals surface area contributed by atoms with Crippen molar-refractivity contribution in [1.29, 1.82) is 0 Å². The first-order valence-electron chi connectivity index (χ1n) is 4.57. The number of rotatable bonds is 1. The highest BCUT2D eigenvalue weighted by molar-refractivity contribution is 5.25. The number of furan rings is 1. The van der Waals surface area contributed by atoms with Crippen LogP contribution >= 0.6 is 0 Å². The Morgan fingerprint density at radius 1 is 1.67 bits per heavy atom. The van der Waals surface area contributed by atoms with Crippen molar-refractivity contribution in [3.05, 3.63) is 23.7 Å². The van der Waals surface area contributed by atoms with E-state index in [0.29, 0.717) is 0 Å². The molecule has 66 valence electrons. The Morgan fingerprint density at radius 2 is 2.50 bits per heavy atom. The molecular weight excluding hydrogens is 152 g/mol. The molecule has 2 rings (SSSR count). The van der Waals surface area contributed by atoms with E-state index in [1.807, 2.05) is 6.07 Å². The second kappa shape index (κ2) is 2.94. The van der Waals surface area contributed by atoms with Crippen molar-refractivity contribution >= 4 is 0 Å². The van der Waals surface area contributed by atoms with E-state index in [4.69, 9.17) is 4.42 Å². The molecule has 0 saturated heterocycles. The van der Waals surface area contributed by atoms with Gasteiger partial charge < -0.3 is 9.52 Å². The van der Waals surface area contributed by atoms with Crippen molar-refractivity contribution in [3.63, 3.8) is 0 Å². The first-order chi connectivity index (χ1) is 5.83. The average molecular weight is 166 g/mol. The Labute approximate surface area is 72.2 Å². The van der Waals surface area contributed by atoms with Crippen molar-refractivity contribution < 1.29 is 9.52 Å². The minimum atomic E-state index is -0.200. The predicted molar refractivity (Wildman–Crippen MR) is 46.1 cm³/mol. The molecule has 12 heavy (non-hydrogen) atoms. The third-order valence-electron chi connectivity index (χ3n) is 2.73. The van der Waals surface area contributed by atoms with Gasteiger partial charge in [0.15, 0.2) is 0 Å². The smallest absolute Gasteiger partial charge is 0.112 e. The molecule has 0 aliphatic heterocycles. The first kappa shape index (κ1) is 7.87. The summed E-state index contributed by atoms with van der Waals surface area (Å²) in [6, 6.07) is 2.02. The molecule has 1 N–H and O–H groups in total. The maximum absolute atomic E-state index is 9.67. The van der Waals surface area contributed by atoms with Gasteiger partial charge in [0.2, 0.25) is 0 Å². The number of hydrogen-bond acceptors (Lipinski definition) is 2. The molecule has 2 unspecified atom stereocenters. The molecule has 2 nitrogen and oxygen atoms in total. The van der Waals surface area contributed by atoms with Crippen LogP contribution in [0.3, 0.4) is 0 Å². The zero-order valence-electron chi connectivity index (χ0n) is 7.29. The van der Waals surface area contributed by atoms with Crippen molar-refractivity contribution in [2.45, 2.75) is 38.2 Å². The van der Waals surface area contributed by atoms with E-state index in [-0.39, 0.29) is 12.0 Å². The van der Waals surface area contributed by atoms with Gasteiger partial charge >= 0.3 is 0 Å². The predicted octanol–water partition coefficient (Wildman–Crippen LogP) is 2.08. The van der Waals surface area contributed by atoms with Crippen LogP contribution in [0.1, 0.15) is 37.0 Å². The fourth-order valence-electron chi connectivity index (χ4n) is 2.02. The summed E-state index contributed by atoms with van der Waals surface area (Å²) in [7, 11) is 0. The molecule has 0 spiro atoms. The van der Waals surface area contributed by atoms with Crippen LogP contribution in [0.25, 0.3) is 0 Å². The van der Waals surface area contributed by atoms with Gasteiger partial charge in [-0.1, -0.05) is 6.92 Å². The quantitative estimate of drug-likeness (QED) is 0.693. The van der Waals surface area contributed by atoms with Crippen LogP contribution < -0.4 is 0 Å². The van der Waals surface area contributed by atoms with Crippen molar-refractivity contribution in [2.24, 2.45) is 0 Å². The second-order valence-electron chi connectivity index (χ2n) is 3.43. The molecule has 1 aliphatic rings. The standard InChI is InChI=1S/C10H14O2/c1-2-8-9(11)4-3-7-5-6-12-10(7)8/h5-6,8-9,11H,2-4H2,1H3. The fourth-order valence-corrected chi connectivity index (χ4v) is 2.02. The van der Waals surface area contributed by atoms with Gasteiger partial charge in [0.25, 0.3) is 0 Å². The lowest BCUT2D eigenvalue weighted by Gasteiger charge is -2.25. The molecule has 2 atom stereocenters. The number of aliphatic hydroxyl groups is 1. The SMILES string of the molecule is CCC1c2occc2CCC1O. The maximum Gasteiger partial charge on any atom is 0.112 e. The summed E-state index contributed by atoms with van der Waals surface area (Å²) in [5.74, 6) is 1.24. The van der Waals surface area contributed by atoms with E-state index in [9.17, 15) is 5.11 Å². The maximum atomic E-state index is 9.67. The molecule has 1 aromatic rings. The summed E-state index contributed by atoms with van der Waals surface area (Å²) in [4.78, 5) is 0. The van der Waals surface area contributed by atoms with Crippen LogP contribution in [0, 0.1) is 0 Å². The molecule has 1 aromatic heterocycles. The van der Waals surface area contributed by atoms with Crippen LogP contribution in [-0.4, -0.2) is 11.2 Å². The molecule has 0 aromatic carbocycles. The lowest BCUT2D eigenvalue weighted by molar-refractivity contribution is 0.112. The van der Waals surface area contributed by atoms with Crippen LogP contribution in [-0.2, 0) is 6.42 Å². The molecule has 0 saturated carbocycles. The Morgan fingerprint density at radius 3 is 3.25 bits per heavy atom. The van der Waals surface area contributed by atoms with E-state index in [0.717, 1.165) is 25.0 Å². The van der Waals surface area contributed by atoms with Crippen LogP contribution in [0.5, 0.6) is 0 Å². The molecule has 0 bridgehead atoms. The Balaban J connectivity index is 2.34. The van der Waals surface area contributed by atoms with Gasteiger partial charge in [0.05, 0.1) is 12.4 Å². The van der Waals surface area contributed by atoms with Gasteiger partial charge in [-0.05, 0) is 30.9 Å². The van der Waals surface area contributed by atoms with Gasteiger partial charge in [-0.3, -0.25) is 0 Å². The largest absolute Gasteiger partial charge is 0.469 e. The first-order valence-corrected chi connectivity index (χ1v) is 4.57. The molecule has 0 amide bonds. The Hall–Kier alpha value is -0.760. The minimum Gasteiger partial charge on any atom is -0.469 e. The normalized spacial score (nSPS) is 28.5. The van der Waals surface area contributed by atoms with E-state index < -0.39 is 0 Å². The summed E-state index contributed by atoms with van der Waals surface area (Å²) in [6.07, 6.45) is 4.33. The summed E-state index contributed by atoms with van der Waals surface area (Å²) in [5.41, 5.74) is 1.28. The van der Waals surface area contributed by atoms with Gasteiger partial charge in [0.1, 0.15) is 5.76 Å². The lowest BCUT2D eigenvalue weighted by Crippen LogP contribution is -2.23. The van der Waals surface area contributed by atoms with E-state index >= 15 is 0 Å². The molecule has 0 fully saturated rings. The molecule has 2 heteroatoms. The van der Waals surface area contributed by atoms with Crippen LogP contribution in [0.2, 0.25) is 0 Å². The summed E-state index contributed by atoms with van der Waals surface area (Å²) in [5, 5.41) is 9.67. The van der Waals surface area contributed by atoms with Crippen molar-refractivity contribution in [3.8, 4) is 0 Å². The molecule has 0 radical (unpaired) electrons. The van der Waals surface area contributed by atoms with Crippen molar-refractivity contribution in [2.75, 3.05) is 0 Å². The zero-order chi connectivity index (χ0) is 8.55. The minimum absolute atomic E-state index is 0.200. The zero-order valence-corrected chi connectivity index (χ0v) is 7.29. The highest BCUT2D eigenvalue weighted by atomic mass is 16.3. The number of aryl methyl sites for hydroxylation is 1. The van der Waals surface area contributed by atoms with E-state index in [1.165, 1.54) is 5.56 Å². The van der Waals surface area contributed by atoms with Gasteiger partial charge in [0, 0.05) is 5.92 Å². The summed E-state index contributed by atoms with van der Waals surface area (Å²) >= 11 is 0. The Bertz CT molecular complexity index is 265. The van der Waals surface area contributed by atoms with Crippen molar-refractivity contribution in [1.82, 2.24) is 0 Å². The third-order valence-corrected chi connectivity index (χ3v) is 2.73. The molecular formula is C10H14O2. The fraction of sp³-hybridized carbons (Fsp3) is 0.600. The highest BCUT2D eigenvalue weighted by Crippen LogP contribution is 2.34. The van der Waals surface area contributed by atoms with Crippen LogP contribution in [0.4, 0.5) is 0 Å².